The number of hydrogen-bond donors (Lipinski definition) is 1. The lowest BCUT2D eigenvalue weighted by molar-refractivity contribution is 0.205. The molecule has 0 radical (unpaired) electrons. The number of rotatable bonds is 6. The molecule has 0 saturated heterocycles. The molecule has 1 aliphatic carbocycles. The second-order valence-corrected chi connectivity index (χ2v) is 5.21. The molecule has 0 bridgehead atoms. The Morgan fingerprint density at radius 2 is 2.24 bits per heavy atom. The number of anilines is 1. The van der Waals surface area contributed by atoms with Gasteiger partial charge in [-0.25, -0.2) is 0 Å². The first-order valence-corrected chi connectivity index (χ1v) is 6.70. The minimum Gasteiger partial charge on any atom is -0.392 e. The molecule has 0 unspecified atom stereocenters. The summed E-state index contributed by atoms with van der Waals surface area (Å²) < 4.78 is 6.13. The molecule has 0 heterocycles. The number of hydrogen-bond acceptors (Lipinski definition) is 3. The Morgan fingerprint density at radius 3 is 2.76 bits per heavy atom. The van der Waals surface area contributed by atoms with E-state index in [1.807, 2.05) is 6.07 Å². The first-order valence-electron chi connectivity index (χ1n) is 5.91. The highest BCUT2D eigenvalue weighted by Crippen LogP contribution is 2.33. The van der Waals surface area contributed by atoms with E-state index in [0.29, 0.717) is 6.04 Å². The van der Waals surface area contributed by atoms with Gasteiger partial charge >= 0.3 is 0 Å². The monoisotopic (exact) mass is 299 g/mol. The molecule has 3 nitrogen and oxygen atoms in total. The molecule has 0 atom stereocenters. The molecule has 1 aromatic carbocycles. The maximum absolute atomic E-state index is 9.15. The van der Waals surface area contributed by atoms with Crippen molar-refractivity contribution in [2.75, 3.05) is 25.2 Å². The summed E-state index contributed by atoms with van der Waals surface area (Å²) in [4.78, 5) is 2.38. The molecular formula is C13H18BrNO2. The number of halogens is 1. The molecule has 2 rings (SSSR count). The average Bonchev–Trinajstić information content (AvgIpc) is 3.14. The molecule has 1 aliphatic rings. The third-order valence-electron chi connectivity index (χ3n) is 3.06. The van der Waals surface area contributed by atoms with E-state index < -0.39 is 0 Å². The van der Waals surface area contributed by atoms with Crippen LogP contribution in [0.1, 0.15) is 18.4 Å². The van der Waals surface area contributed by atoms with Crippen LogP contribution in [0.5, 0.6) is 0 Å². The number of nitrogens with zero attached hydrogens (tertiary/aromatic N) is 1. The largest absolute Gasteiger partial charge is 0.392 e. The van der Waals surface area contributed by atoms with E-state index in [2.05, 4.69) is 33.0 Å². The fourth-order valence-electron chi connectivity index (χ4n) is 1.94. The first kappa shape index (κ1) is 12.9. The van der Waals surface area contributed by atoms with Crippen molar-refractivity contribution in [3.05, 3.63) is 28.2 Å². The van der Waals surface area contributed by atoms with E-state index in [4.69, 9.17) is 9.84 Å². The maximum atomic E-state index is 9.15. The minimum atomic E-state index is 0.0718. The molecule has 1 aromatic rings. The van der Waals surface area contributed by atoms with Crippen LogP contribution in [0.15, 0.2) is 22.7 Å². The maximum Gasteiger partial charge on any atom is 0.0692 e. The van der Waals surface area contributed by atoms with Crippen LogP contribution in [0.4, 0.5) is 5.69 Å². The zero-order chi connectivity index (χ0) is 12.3. The summed E-state index contributed by atoms with van der Waals surface area (Å²) in [6.07, 6.45) is 2.53. The topological polar surface area (TPSA) is 32.7 Å². The van der Waals surface area contributed by atoms with Gasteiger partial charge in [-0.1, -0.05) is 22.0 Å². The van der Waals surface area contributed by atoms with Crippen molar-refractivity contribution in [3.8, 4) is 0 Å². The fourth-order valence-corrected chi connectivity index (χ4v) is 2.43. The highest BCUT2D eigenvalue weighted by molar-refractivity contribution is 9.10. The Kier molecular flexibility index (Phi) is 4.42. The van der Waals surface area contributed by atoms with Crippen LogP contribution < -0.4 is 4.90 Å². The molecule has 0 aliphatic heterocycles. The van der Waals surface area contributed by atoms with Gasteiger partial charge in [-0.3, -0.25) is 0 Å². The van der Waals surface area contributed by atoms with Gasteiger partial charge in [0, 0.05) is 29.9 Å². The molecular weight excluding hydrogens is 282 g/mol. The van der Waals surface area contributed by atoms with E-state index in [-0.39, 0.29) is 6.61 Å². The summed E-state index contributed by atoms with van der Waals surface area (Å²) in [6.45, 7) is 1.74. The summed E-state index contributed by atoms with van der Waals surface area (Å²) in [5, 5.41) is 9.15. The van der Waals surface area contributed by atoms with E-state index in [9.17, 15) is 0 Å². The number of benzene rings is 1. The minimum absolute atomic E-state index is 0.0718. The van der Waals surface area contributed by atoms with Gasteiger partial charge in [0.1, 0.15) is 0 Å². The predicted molar refractivity (Wildman–Crippen MR) is 72.3 cm³/mol. The van der Waals surface area contributed by atoms with Crippen LogP contribution in [0.2, 0.25) is 0 Å². The van der Waals surface area contributed by atoms with Gasteiger partial charge in [-0.05, 0) is 30.5 Å². The van der Waals surface area contributed by atoms with Gasteiger partial charge < -0.3 is 14.7 Å². The van der Waals surface area contributed by atoms with Crippen LogP contribution in [0.3, 0.4) is 0 Å². The molecule has 0 spiro atoms. The zero-order valence-electron chi connectivity index (χ0n) is 10.0. The van der Waals surface area contributed by atoms with Crippen molar-refractivity contribution < 1.29 is 9.84 Å². The number of aliphatic hydroxyl groups excluding tert-OH is 1. The fraction of sp³-hybridized carbons (Fsp3) is 0.538. The molecule has 17 heavy (non-hydrogen) atoms. The second-order valence-electron chi connectivity index (χ2n) is 4.35. The average molecular weight is 300 g/mol. The van der Waals surface area contributed by atoms with Crippen molar-refractivity contribution in [3.63, 3.8) is 0 Å². The summed E-state index contributed by atoms with van der Waals surface area (Å²) in [5.74, 6) is 0. The van der Waals surface area contributed by atoms with Crippen LogP contribution >= 0.6 is 15.9 Å². The van der Waals surface area contributed by atoms with Gasteiger partial charge in [0.05, 0.1) is 13.2 Å². The number of aliphatic hydroxyl groups is 1. The third-order valence-corrected chi connectivity index (χ3v) is 3.80. The summed E-state index contributed by atoms with van der Waals surface area (Å²) in [6, 6.07) is 6.79. The lowest BCUT2D eigenvalue weighted by atomic mass is 10.2. The first-order chi connectivity index (χ1) is 8.26. The quantitative estimate of drug-likeness (QED) is 0.876. The summed E-state index contributed by atoms with van der Waals surface area (Å²) in [7, 11) is 1.73. The van der Waals surface area contributed by atoms with Crippen LogP contribution in [0, 0.1) is 0 Å². The van der Waals surface area contributed by atoms with Crippen LogP contribution in [-0.2, 0) is 11.3 Å². The molecule has 1 N–H and O–H groups in total. The summed E-state index contributed by atoms with van der Waals surface area (Å²) in [5.41, 5.74) is 2.13. The lowest BCUT2D eigenvalue weighted by Gasteiger charge is -2.25. The molecule has 1 fully saturated rings. The predicted octanol–water partition coefficient (Wildman–Crippen LogP) is 2.56. The van der Waals surface area contributed by atoms with Gasteiger partial charge in [-0.15, -0.1) is 0 Å². The van der Waals surface area contributed by atoms with E-state index >= 15 is 0 Å². The zero-order valence-corrected chi connectivity index (χ0v) is 11.6. The van der Waals surface area contributed by atoms with Gasteiger partial charge in [0.25, 0.3) is 0 Å². The van der Waals surface area contributed by atoms with Crippen molar-refractivity contribution in [2.24, 2.45) is 0 Å². The molecule has 0 amide bonds. The summed E-state index contributed by atoms with van der Waals surface area (Å²) >= 11 is 3.50. The Hall–Kier alpha value is -0.580. The van der Waals surface area contributed by atoms with Crippen molar-refractivity contribution in [2.45, 2.75) is 25.5 Å². The van der Waals surface area contributed by atoms with Crippen LogP contribution in [0.25, 0.3) is 0 Å². The lowest BCUT2D eigenvalue weighted by Crippen LogP contribution is -2.29. The molecule has 0 aromatic heterocycles. The van der Waals surface area contributed by atoms with Crippen molar-refractivity contribution >= 4 is 21.6 Å². The van der Waals surface area contributed by atoms with Crippen molar-refractivity contribution in [1.29, 1.82) is 0 Å². The van der Waals surface area contributed by atoms with Gasteiger partial charge in [-0.2, -0.15) is 0 Å². The second kappa shape index (κ2) is 5.85. The normalized spacial score (nSPS) is 15.0. The van der Waals surface area contributed by atoms with E-state index in [0.717, 1.165) is 23.2 Å². The van der Waals surface area contributed by atoms with Gasteiger partial charge in [0.2, 0.25) is 0 Å². The number of ether oxygens (including phenoxy) is 1. The Labute approximate surface area is 111 Å². The Bertz CT molecular complexity index is 380. The van der Waals surface area contributed by atoms with Crippen molar-refractivity contribution in [1.82, 2.24) is 0 Å². The standard InChI is InChI=1S/C13H18BrNO2/c1-17-7-6-15(11-4-5-11)12-3-2-10(9-16)13(14)8-12/h2-3,8,11,16H,4-7,9H2,1H3. The SMILES string of the molecule is COCCN(c1ccc(CO)c(Br)c1)C1CC1. The van der Waals surface area contributed by atoms with E-state index in [1.165, 1.54) is 18.5 Å². The van der Waals surface area contributed by atoms with Gasteiger partial charge in [0.15, 0.2) is 0 Å². The third kappa shape index (κ3) is 3.21. The van der Waals surface area contributed by atoms with E-state index in [1.54, 1.807) is 7.11 Å². The Morgan fingerprint density at radius 1 is 1.47 bits per heavy atom. The Balaban J connectivity index is 2.14. The smallest absolute Gasteiger partial charge is 0.0692 e. The molecule has 1 saturated carbocycles. The van der Waals surface area contributed by atoms with Crippen LogP contribution in [-0.4, -0.2) is 31.4 Å². The number of methoxy groups -OCH3 is 1. The molecule has 4 heteroatoms. The molecule has 94 valence electrons. The highest BCUT2D eigenvalue weighted by atomic mass is 79.9. The highest BCUT2D eigenvalue weighted by Gasteiger charge is 2.29.